The fraction of sp³-hybridized carbons (Fsp3) is 0.421. The molecule has 2 atom stereocenters. The first-order valence-electron chi connectivity index (χ1n) is 8.68. The van der Waals surface area contributed by atoms with E-state index in [2.05, 4.69) is 0 Å². The van der Waals surface area contributed by atoms with E-state index in [4.69, 9.17) is 16.0 Å². The van der Waals surface area contributed by atoms with Crippen LogP contribution in [0.5, 0.6) is 0 Å². The molecule has 1 aromatic heterocycles. The Morgan fingerprint density at radius 2 is 2.04 bits per heavy atom. The van der Waals surface area contributed by atoms with E-state index in [1.165, 1.54) is 0 Å². The molecule has 0 aliphatic carbocycles. The predicted molar refractivity (Wildman–Crippen MR) is 101 cm³/mol. The van der Waals surface area contributed by atoms with Crippen molar-refractivity contribution in [3.05, 3.63) is 59.0 Å². The maximum absolute atomic E-state index is 13.3. The molecule has 1 amide bonds. The molecule has 1 fully saturated rings. The lowest BCUT2D eigenvalue weighted by Crippen LogP contribution is -2.44. The zero-order valence-corrected chi connectivity index (χ0v) is 16.2. The number of halogens is 1. The first kappa shape index (κ1) is 19.0. The standard InChI is InChI=1S/C19H22ClNO4S/c1-2-21(16-9-11-26(23,24)13-16)19(22)18(12-17-4-3-10-25-17)14-5-7-15(20)8-6-14/h3-8,10,16,18H,2,9,11-13H2,1H3. The van der Waals surface area contributed by atoms with Crippen molar-refractivity contribution in [2.24, 2.45) is 0 Å². The van der Waals surface area contributed by atoms with Gasteiger partial charge in [0.25, 0.3) is 0 Å². The molecule has 1 aromatic carbocycles. The van der Waals surface area contributed by atoms with E-state index in [0.29, 0.717) is 30.2 Å². The summed E-state index contributed by atoms with van der Waals surface area (Å²) in [5, 5.41) is 0.604. The van der Waals surface area contributed by atoms with Crippen LogP contribution in [0.3, 0.4) is 0 Å². The second-order valence-electron chi connectivity index (χ2n) is 6.57. The molecule has 2 unspecified atom stereocenters. The number of nitrogens with zero attached hydrogens (tertiary/aromatic N) is 1. The third-order valence-corrected chi connectivity index (χ3v) is 6.83. The first-order valence-corrected chi connectivity index (χ1v) is 10.9. The van der Waals surface area contributed by atoms with Crippen LogP contribution in [-0.4, -0.2) is 43.3 Å². The number of hydrogen-bond acceptors (Lipinski definition) is 4. The van der Waals surface area contributed by atoms with Crippen molar-refractivity contribution in [3.8, 4) is 0 Å². The van der Waals surface area contributed by atoms with Gasteiger partial charge in [-0.2, -0.15) is 0 Å². The third-order valence-electron chi connectivity index (χ3n) is 4.83. The van der Waals surface area contributed by atoms with Crippen LogP contribution in [-0.2, 0) is 21.1 Å². The lowest BCUT2D eigenvalue weighted by atomic mass is 9.92. The summed E-state index contributed by atoms with van der Waals surface area (Å²) >= 11 is 5.98. The molecule has 0 spiro atoms. The van der Waals surface area contributed by atoms with Crippen LogP contribution < -0.4 is 0 Å². The van der Waals surface area contributed by atoms with Crippen molar-refractivity contribution < 1.29 is 17.6 Å². The van der Waals surface area contributed by atoms with E-state index in [-0.39, 0.29) is 23.5 Å². The molecule has 1 aliphatic rings. The summed E-state index contributed by atoms with van der Waals surface area (Å²) in [6.45, 7) is 2.36. The van der Waals surface area contributed by atoms with Gasteiger partial charge in [-0.3, -0.25) is 4.79 Å². The Labute approximate surface area is 158 Å². The topological polar surface area (TPSA) is 67.6 Å². The number of hydrogen-bond donors (Lipinski definition) is 0. The number of amides is 1. The lowest BCUT2D eigenvalue weighted by Gasteiger charge is -2.31. The molecule has 0 radical (unpaired) electrons. The Balaban J connectivity index is 1.89. The summed E-state index contributed by atoms with van der Waals surface area (Å²) in [5.74, 6) is 0.384. The summed E-state index contributed by atoms with van der Waals surface area (Å²) < 4.78 is 29.1. The summed E-state index contributed by atoms with van der Waals surface area (Å²) in [7, 11) is -3.06. The predicted octanol–water partition coefficient (Wildman–Crippen LogP) is 3.29. The van der Waals surface area contributed by atoms with Crippen LogP contribution in [0.4, 0.5) is 0 Å². The molecule has 1 saturated heterocycles. The van der Waals surface area contributed by atoms with E-state index in [9.17, 15) is 13.2 Å². The largest absolute Gasteiger partial charge is 0.469 e. The highest BCUT2D eigenvalue weighted by Crippen LogP contribution is 2.28. The average Bonchev–Trinajstić information content (AvgIpc) is 3.24. The highest BCUT2D eigenvalue weighted by Gasteiger charge is 2.36. The molecule has 0 N–H and O–H groups in total. The lowest BCUT2D eigenvalue weighted by molar-refractivity contribution is -0.134. The van der Waals surface area contributed by atoms with Gasteiger partial charge in [0.15, 0.2) is 9.84 Å². The molecule has 2 aromatic rings. The Bertz CT molecular complexity index is 846. The average molecular weight is 396 g/mol. The number of carbonyl (C=O) groups excluding carboxylic acids is 1. The van der Waals surface area contributed by atoms with Crippen molar-refractivity contribution >= 4 is 27.3 Å². The zero-order chi connectivity index (χ0) is 18.7. The minimum absolute atomic E-state index is 0.0423. The van der Waals surface area contributed by atoms with E-state index < -0.39 is 15.8 Å². The van der Waals surface area contributed by atoms with E-state index in [0.717, 1.165) is 5.56 Å². The molecule has 7 heteroatoms. The van der Waals surface area contributed by atoms with Gasteiger partial charge in [-0.15, -0.1) is 0 Å². The van der Waals surface area contributed by atoms with E-state index in [1.54, 1.807) is 29.4 Å². The normalized spacial score (nSPS) is 20.0. The number of furan rings is 1. The summed E-state index contributed by atoms with van der Waals surface area (Å²) in [6.07, 6.45) is 2.50. The molecule has 2 heterocycles. The van der Waals surface area contributed by atoms with Crippen LogP contribution in [0.15, 0.2) is 47.1 Å². The maximum atomic E-state index is 13.3. The molecule has 0 saturated carbocycles. The Kier molecular flexibility index (Phi) is 5.73. The zero-order valence-electron chi connectivity index (χ0n) is 14.6. The van der Waals surface area contributed by atoms with Gasteiger partial charge in [-0.1, -0.05) is 23.7 Å². The number of carbonyl (C=O) groups is 1. The summed E-state index contributed by atoms with van der Waals surface area (Å²) in [6, 6.07) is 10.6. The highest BCUT2D eigenvalue weighted by atomic mass is 35.5. The summed E-state index contributed by atoms with van der Waals surface area (Å²) in [5.41, 5.74) is 0.843. The maximum Gasteiger partial charge on any atom is 0.230 e. The molecule has 1 aliphatic heterocycles. The number of rotatable bonds is 6. The number of likely N-dealkylation sites (N-methyl/N-ethyl adjacent to an activating group) is 1. The highest BCUT2D eigenvalue weighted by molar-refractivity contribution is 7.91. The fourth-order valence-electron chi connectivity index (χ4n) is 3.49. The van der Waals surface area contributed by atoms with Crippen molar-refractivity contribution in [1.29, 1.82) is 0 Å². The van der Waals surface area contributed by atoms with Crippen molar-refractivity contribution in [2.45, 2.75) is 31.7 Å². The third kappa shape index (κ3) is 4.30. The first-order chi connectivity index (χ1) is 12.4. The second-order valence-corrected chi connectivity index (χ2v) is 9.23. The van der Waals surface area contributed by atoms with Crippen LogP contribution in [0.25, 0.3) is 0 Å². The van der Waals surface area contributed by atoms with Gasteiger partial charge in [0.1, 0.15) is 5.76 Å². The molecular formula is C19H22ClNO4S. The summed E-state index contributed by atoms with van der Waals surface area (Å²) in [4.78, 5) is 15.0. The van der Waals surface area contributed by atoms with Crippen LogP contribution >= 0.6 is 11.6 Å². The smallest absolute Gasteiger partial charge is 0.230 e. The molecule has 3 rings (SSSR count). The van der Waals surface area contributed by atoms with Crippen molar-refractivity contribution in [3.63, 3.8) is 0 Å². The Morgan fingerprint density at radius 1 is 1.31 bits per heavy atom. The fourth-order valence-corrected chi connectivity index (χ4v) is 5.34. The van der Waals surface area contributed by atoms with Crippen LogP contribution in [0, 0.1) is 0 Å². The van der Waals surface area contributed by atoms with Gasteiger partial charge in [0, 0.05) is 24.0 Å². The van der Waals surface area contributed by atoms with Crippen LogP contribution in [0.1, 0.15) is 30.6 Å². The molecule has 5 nitrogen and oxygen atoms in total. The van der Waals surface area contributed by atoms with Gasteiger partial charge < -0.3 is 9.32 Å². The molecular weight excluding hydrogens is 374 g/mol. The van der Waals surface area contributed by atoms with Gasteiger partial charge in [-0.25, -0.2) is 8.42 Å². The van der Waals surface area contributed by atoms with E-state index >= 15 is 0 Å². The van der Waals surface area contributed by atoms with Gasteiger partial charge in [-0.05, 0) is 43.2 Å². The monoisotopic (exact) mass is 395 g/mol. The Morgan fingerprint density at radius 3 is 2.58 bits per heavy atom. The quantitative estimate of drug-likeness (QED) is 0.752. The number of sulfone groups is 1. The Hall–Kier alpha value is -1.79. The minimum Gasteiger partial charge on any atom is -0.469 e. The molecule has 140 valence electrons. The SMILES string of the molecule is CCN(C(=O)C(Cc1ccco1)c1ccc(Cl)cc1)C1CCS(=O)(=O)C1. The van der Waals surface area contributed by atoms with E-state index in [1.807, 2.05) is 25.1 Å². The van der Waals surface area contributed by atoms with Gasteiger partial charge in [0.2, 0.25) is 5.91 Å². The number of benzene rings is 1. The van der Waals surface area contributed by atoms with Gasteiger partial charge in [0.05, 0.1) is 23.7 Å². The minimum atomic E-state index is -3.06. The second kappa shape index (κ2) is 7.84. The van der Waals surface area contributed by atoms with Gasteiger partial charge >= 0.3 is 0 Å². The van der Waals surface area contributed by atoms with Crippen molar-refractivity contribution in [2.75, 3.05) is 18.1 Å². The van der Waals surface area contributed by atoms with Crippen molar-refractivity contribution in [1.82, 2.24) is 4.90 Å². The molecule has 0 bridgehead atoms. The molecule has 26 heavy (non-hydrogen) atoms. The van der Waals surface area contributed by atoms with Crippen LogP contribution in [0.2, 0.25) is 5.02 Å².